The van der Waals surface area contributed by atoms with Gasteiger partial charge in [-0.15, -0.1) is 0 Å². The first kappa shape index (κ1) is 47.1. The number of hydrogen-bond donors (Lipinski definition) is 5. The van der Waals surface area contributed by atoms with E-state index in [2.05, 4.69) is 16.7 Å². The molecular formula is C54H56N6O11. The van der Waals surface area contributed by atoms with Crippen LogP contribution < -0.4 is 40.4 Å². The van der Waals surface area contributed by atoms with E-state index >= 15 is 0 Å². The third kappa shape index (κ3) is 8.21. The number of rotatable bonds is 14. The number of amides is 5. The summed E-state index contributed by atoms with van der Waals surface area (Å²) in [6.07, 6.45) is 1.17. The summed E-state index contributed by atoms with van der Waals surface area (Å²) in [4.78, 5) is 72.4. The van der Waals surface area contributed by atoms with E-state index in [-0.39, 0.29) is 66.5 Å². The van der Waals surface area contributed by atoms with Crippen molar-refractivity contribution in [1.29, 1.82) is 0 Å². The van der Waals surface area contributed by atoms with E-state index in [1.165, 1.54) is 24.1 Å². The zero-order chi connectivity index (χ0) is 50.1. The van der Waals surface area contributed by atoms with E-state index in [0.29, 0.717) is 53.9 Å². The first-order chi connectivity index (χ1) is 34.1. The average molecular weight is 965 g/mol. The zero-order valence-corrected chi connectivity index (χ0v) is 40.1. The molecule has 5 aromatic rings. The molecule has 5 aromatic carbocycles. The minimum Gasteiger partial charge on any atom is -0.505 e. The fraction of sp³-hybridized carbons (Fsp3) is 0.352. The van der Waals surface area contributed by atoms with Gasteiger partial charge in [0, 0.05) is 35.3 Å². The highest BCUT2D eigenvalue weighted by atomic mass is 16.6. The molecule has 2 aliphatic carbocycles. The number of methoxy groups -OCH3 is 2. The van der Waals surface area contributed by atoms with Gasteiger partial charge in [0.25, 0.3) is 5.91 Å². The number of fused-ring (bicyclic) bond motifs is 5. The molecule has 0 spiro atoms. The maximum absolute atomic E-state index is 14.6. The van der Waals surface area contributed by atoms with Crippen molar-refractivity contribution < 1.29 is 53.1 Å². The van der Waals surface area contributed by atoms with Crippen LogP contribution in [0.25, 0.3) is 16.3 Å². The number of aliphatic hydroxyl groups is 1. The molecule has 0 saturated heterocycles. The van der Waals surface area contributed by atoms with Crippen molar-refractivity contribution in [2.45, 2.75) is 71.4 Å². The van der Waals surface area contributed by atoms with Crippen LogP contribution in [0, 0.1) is 23.7 Å². The van der Waals surface area contributed by atoms with Crippen molar-refractivity contribution in [3.05, 3.63) is 119 Å². The smallest absolute Gasteiger partial charge is 0.416 e. The van der Waals surface area contributed by atoms with E-state index < -0.39 is 53.0 Å². The Labute approximate surface area is 410 Å². The summed E-state index contributed by atoms with van der Waals surface area (Å²) in [5.41, 5.74) is 9.97. The molecule has 0 radical (unpaired) electrons. The number of phenolic OH excluding ortho intramolecular Hbond substituents is 1. The van der Waals surface area contributed by atoms with Crippen LogP contribution in [0.1, 0.15) is 65.7 Å². The number of ether oxygens (including phenoxy) is 4. The number of nitrogens with zero attached hydrogens (tertiary/aromatic N) is 3. The quantitative estimate of drug-likeness (QED) is 0.0818. The zero-order valence-electron chi connectivity index (χ0n) is 40.1. The number of carbonyl (C=O) groups excluding carboxylic acids is 5. The minimum absolute atomic E-state index is 0.0367. The molecule has 17 heteroatoms. The van der Waals surface area contributed by atoms with Crippen LogP contribution in [0.15, 0.2) is 91.1 Å². The lowest BCUT2D eigenvalue weighted by Crippen LogP contribution is -2.50. The Morgan fingerprint density at radius 2 is 1.68 bits per heavy atom. The number of carbonyl (C=O) groups is 5. The maximum Gasteiger partial charge on any atom is 0.416 e. The molecule has 0 aromatic heterocycles. The molecule has 6 N–H and O–H groups in total. The highest BCUT2D eigenvalue weighted by molar-refractivity contribution is 6.10. The maximum atomic E-state index is 14.6. The van der Waals surface area contributed by atoms with E-state index in [9.17, 15) is 34.2 Å². The molecule has 2 fully saturated rings. The van der Waals surface area contributed by atoms with Gasteiger partial charge in [-0.05, 0) is 108 Å². The lowest BCUT2D eigenvalue weighted by Gasteiger charge is -2.31. The SMILES string of the molecule is COc1ccc(C2=CN3C(=O)c4cc(OC)c(OCC56CC5(C(=O)N5CCc7cc8c(C)cccc8c(O)c75)C6)cc4N(C(=O)OCc4ccc(NC(=O)CNC(=O)[C@@H](N)C(C)C)cc4)[C@@H](O)C3C2)cc1. The normalized spacial score (nSPS) is 21.8. The second-order valence-corrected chi connectivity index (χ2v) is 19.6. The number of aryl methyl sites for hydroxylation is 1. The third-order valence-electron chi connectivity index (χ3n) is 14.9. The molecular weight excluding hydrogens is 909 g/mol. The summed E-state index contributed by atoms with van der Waals surface area (Å²) in [5.74, 6) is -0.350. The molecule has 3 aliphatic heterocycles. The molecule has 10 rings (SSSR count). The number of anilines is 3. The summed E-state index contributed by atoms with van der Waals surface area (Å²) in [5, 5.41) is 30.7. The summed E-state index contributed by atoms with van der Waals surface area (Å²) in [7, 11) is 3.01. The largest absolute Gasteiger partial charge is 0.505 e. The van der Waals surface area contributed by atoms with Crippen molar-refractivity contribution >= 4 is 63.1 Å². The number of nitrogens with one attached hydrogen (secondary N) is 2. The van der Waals surface area contributed by atoms with Crippen LogP contribution in [0.4, 0.5) is 21.9 Å². The van der Waals surface area contributed by atoms with Crippen molar-refractivity contribution in [2.24, 2.45) is 22.5 Å². The molecule has 5 amide bonds. The fourth-order valence-corrected chi connectivity index (χ4v) is 10.4. The Hall–Kier alpha value is -7.63. The van der Waals surface area contributed by atoms with Crippen LogP contribution in [0.2, 0.25) is 0 Å². The van der Waals surface area contributed by atoms with Crippen molar-refractivity contribution in [3.8, 4) is 23.0 Å². The summed E-state index contributed by atoms with van der Waals surface area (Å²) >= 11 is 0. The van der Waals surface area contributed by atoms with Gasteiger partial charge in [-0.1, -0.05) is 56.3 Å². The topological polar surface area (TPSA) is 223 Å². The monoisotopic (exact) mass is 964 g/mol. The van der Waals surface area contributed by atoms with Crippen molar-refractivity contribution in [2.75, 3.05) is 49.0 Å². The van der Waals surface area contributed by atoms with E-state index in [0.717, 1.165) is 32.5 Å². The lowest BCUT2D eigenvalue weighted by atomic mass is 10.00. The van der Waals surface area contributed by atoms with Gasteiger partial charge in [-0.3, -0.25) is 19.2 Å². The first-order valence-corrected chi connectivity index (χ1v) is 23.7. The second-order valence-electron chi connectivity index (χ2n) is 19.6. The number of nitrogens with two attached hydrogens (primary N) is 1. The van der Waals surface area contributed by atoms with Gasteiger partial charge >= 0.3 is 6.09 Å². The highest BCUT2D eigenvalue weighted by Gasteiger charge is 2.88. The Balaban J connectivity index is 0.883. The van der Waals surface area contributed by atoms with Gasteiger partial charge in [0.2, 0.25) is 17.7 Å². The molecule has 71 heavy (non-hydrogen) atoms. The Morgan fingerprint density at radius 1 is 0.930 bits per heavy atom. The van der Waals surface area contributed by atoms with Crippen molar-refractivity contribution in [1.82, 2.24) is 10.2 Å². The van der Waals surface area contributed by atoms with E-state index in [1.54, 1.807) is 54.6 Å². The van der Waals surface area contributed by atoms with Gasteiger partial charge in [0.15, 0.2) is 17.7 Å². The lowest BCUT2D eigenvalue weighted by molar-refractivity contribution is -0.125. The standard InChI is InChI=1S/C54H56N6O11/c1-29(2)45(55)48(63)56-23-44(61)57-35-13-9-31(10-14-35)25-70-52(67)60-40-22-43(42(69-5)21-39(40)49(64)59-24-34(20-41(59)50(60)65)32-11-15-36(68-4)16-12-32)71-28-53-26-54(53,27-53)51(66)58-18-17-33-19-38-30(3)7-6-8-37(38)47(62)46(33)58/h6-16,19,21-22,24,29,41,45,50,62,65H,17-18,20,23,25-28,55H2,1-5H3,(H,56,63)(H,57,61)/t41?,45-,50-,53?,54?/m0/s1. The Bertz CT molecular complexity index is 3040. The van der Waals surface area contributed by atoms with Gasteiger partial charge in [-0.25, -0.2) is 9.69 Å². The molecule has 368 valence electrons. The van der Waals surface area contributed by atoms with Crippen LogP contribution in [-0.4, -0.2) is 97.1 Å². The van der Waals surface area contributed by atoms with Gasteiger partial charge in [0.1, 0.15) is 18.1 Å². The predicted molar refractivity (Wildman–Crippen MR) is 264 cm³/mol. The molecule has 2 saturated carbocycles. The molecule has 17 nitrogen and oxygen atoms in total. The van der Waals surface area contributed by atoms with Crippen LogP contribution in [-0.2, 0) is 32.1 Å². The first-order valence-electron chi connectivity index (χ1n) is 23.7. The van der Waals surface area contributed by atoms with Crippen LogP contribution in [0.5, 0.6) is 23.0 Å². The summed E-state index contributed by atoms with van der Waals surface area (Å²) in [6.45, 7) is 5.72. The number of phenols is 1. The van der Waals surface area contributed by atoms with E-state index in [1.807, 2.05) is 51.1 Å². The number of benzene rings is 5. The molecule has 3 heterocycles. The minimum atomic E-state index is -1.59. The summed E-state index contributed by atoms with van der Waals surface area (Å²) < 4.78 is 23.5. The summed E-state index contributed by atoms with van der Waals surface area (Å²) in [6, 6.07) is 23.0. The van der Waals surface area contributed by atoms with E-state index in [4.69, 9.17) is 24.7 Å². The van der Waals surface area contributed by atoms with Gasteiger partial charge in [-0.2, -0.15) is 0 Å². The van der Waals surface area contributed by atoms with Gasteiger partial charge < -0.3 is 55.3 Å². The van der Waals surface area contributed by atoms with Crippen LogP contribution in [0.3, 0.4) is 0 Å². The average Bonchev–Trinajstić information content (AvgIpc) is 4.01. The van der Waals surface area contributed by atoms with Crippen LogP contribution >= 0.6 is 0 Å². The molecule has 0 bridgehead atoms. The Kier molecular flexibility index (Phi) is 11.9. The predicted octanol–water partition coefficient (Wildman–Crippen LogP) is 6.39. The molecule has 3 atom stereocenters. The number of hydrogen-bond acceptors (Lipinski definition) is 12. The number of aliphatic hydroxyl groups excluding tert-OH is 1. The number of aromatic hydroxyl groups is 1. The fourth-order valence-electron chi connectivity index (χ4n) is 10.4. The third-order valence-corrected chi connectivity index (χ3v) is 14.9. The second kappa shape index (κ2) is 18.0. The van der Waals surface area contributed by atoms with Gasteiger partial charge in [0.05, 0.1) is 61.8 Å². The highest BCUT2D eigenvalue weighted by Crippen LogP contribution is 2.86. The Morgan fingerprint density at radius 3 is 2.38 bits per heavy atom. The molecule has 1 unspecified atom stereocenters. The van der Waals surface area contributed by atoms with Crippen molar-refractivity contribution in [3.63, 3.8) is 0 Å². The molecule has 5 aliphatic rings.